The van der Waals surface area contributed by atoms with Crippen LogP contribution in [0.15, 0.2) is 24.3 Å². The Labute approximate surface area is 131 Å². The van der Waals surface area contributed by atoms with Gasteiger partial charge in [-0.1, -0.05) is 26.0 Å². The predicted octanol–water partition coefficient (Wildman–Crippen LogP) is 2.40. The Bertz CT molecular complexity index is 616. The zero-order valence-corrected chi connectivity index (χ0v) is 13.9. The molecule has 0 spiro atoms. The molecule has 1 aliphatic carbocycles. The Morgan fingerprint density at radius 1 is 1.41 bits per heavy atom. The molecule has 2 unspecified atom stereocenters. The Hall–Kier alpha value is -0.980. The molecule has 0 bridgehead atoms. The van der Waals surface area contributed by atoms with Gasteiger partial charge in [0.15, 0.2) is 0 Å². The van der Waals surface area contributed by atoms with E-state index in [1.807, 2.05) is 13.8 Å². The maximum Gasteiger partial charge on any atom is 0.215 e. The third-order valence-corrected chi connectivity index (χ3v) is 6.04. The standard InChI is InChI=1S/C16H24FNO3S/c1-16(2,7-4-8-19)11-18-22(20,21)15-10-14(15)12-5-3-6-13(17)9-12/h3,5-6,9,14-15,18-19H,4,7-8,10-11H2,1-2H3. The monoisotopic (exact) mass is 329 g/mol. The molecule has 2 atom stereocenters. The van der Waals surface area contributed by atoms with Gasteiger partial charge in [-0.15, -0.1) is 0 Å². The van der Waals surface area contributed by atoms with E-state index in [2.05, 4.69) is 4.72 Å². The molecule has 0 saturated heterocycles. The van der Waals surface area contributed by atoms with Crippen LogP contribution in [0.5, 0.6) is 0 Å². The molecule has 1 aliphatic rings. The topological polar surface area (TPSA) is 66.4 Å². The van der Waals surface area contributed by atoms with E-state index in [4.69, 9.17) is 5.11 Å². The summed E-state index contributed by atoms with van der Waals surface area (Å²) >= 11 is 0. The van der Waals surface area contributed by atoms with Crippen molar-refractivity contribution in [2.75, 3.05) is 13.2 Å². The summed E-state index contributed by atoms with van der Waals surface area (Å²) in [6.45, 7) is 4.41. The van der Waals surface area contributed by atoms with E-state index in [1.165, 1.54) is 12.1 Å². The maximum atomic E-state index is 13.2. The average Bonchev–Trinajstić information content (AvgIpc) is 3.25. The number of sulfonamides is 1. The summed E-state index contributed by atoms with van der Waals surface area (Å²) in [5.74, 6) is -0.451. The average molecular weight is 329 g/mol. The Morgan fingerprint density at radius 3 is 2.77 bits per heavy atom. The SMILES string of the molecule is CC(C)(CCCO)CNS(=O)(=O)C1CC1c1cccc(F)c1. The minimum atomic E-state index is -3.39. The fourth-order valence-corrected chi connectivity index (χ4v) is 4.51. The molecule has 0 heterocycles. The lowest BCUT2D eigenvalue weighted by Gasteiger charge is -2.24. The van der Waals surface area contributed by atoms with Gasteiger partial charge >= 0.3 is 0 Å². The van der Waals surface area contributed by atoms with E-state index in [9.17, 15) is 12.8 Å². The van der Waals surface area contributed by atoms with Crippen molar-refractivity contribution in [1.82, 2.24) is 4.72 Å². The normalized spacial score (nSPS) is 21.8. The number of nitrogens with one attached hydrogen (secondary N) is 1. The molecular formula is C16H24FNO3S. The van der Waals surface area contributed by atoms with Crippen LogP contribution in [-0.4, -0.2) is 31.9 Å². The highest BCUT2D eigenvalue weighted by Crippen LogP contribution is 2.45. The highest BCUT2D eigenvalue weighted by atomic mass is 32.2. The summed E-state index contributed by atoms with van der Waals surface area (Å²) in [5.41, 5.74) is 0.550. The summed E-state index contributed by atoms with van der Waals surface area (Å²) in [4.78, 5) is 0. The van der Waals surface area contributed by atoms with Crippen molar-refractivity contribution >= 4 is 10.0 Å². The first kappa shape index (κ1) is 17.4. The lowest BCUT2D eigenvalue weighted by Crippen LogP contribution is -2.36. The van der Waals surface area contributed by atoms with Crippen LogP contribution in [0.4, 0.5) is 4.39 Å². The van der Waals surface area contributed by atoms with Crippen molar-refractivity contribution in [3.05, 3.63) is 35.6 Å². The van der Waals surface area contributed by atoms with E-state index in [-0.39, 0.29) is 23.8 Å². The highest BCUT2D eigenvalue weighted by Gasteiger charge is 2.48. The molecule has 124 valence electrons. The minimum absolute atomic E-state index is 0.112. The fraction of sp³-hybridized carbons (Fsp3) is 0.625. The molecule has 1 fully saturated rings. The van der Waals surface area contributed by atoms with E-state index in [0.717, 1.165) is 12.0 Å². The number of benzene rings is 1. The Balaban J connectivity index is 1.93. The zero-order chi connectivity index (χ0) is 16.4. The molecule has 2 rings (SSSR count). The van der Waals surface area contributed by atoms with Gasteiger partial charge in [0, 0.05) is 19.1 Å². The first-order valence-corrected chi connectivity index (χ1v) is 9.15. The largest absolute Gasteiger partial charge is 0.396 e. The molecule has 4 nitrogen and oxygen atoms in total. The van der Waals surface area contributed by atoms with Gasteiger partial charge in [0.2, 0.25) is 10.0 Å². The van der Waals surface area contributed by atoms with Gasteiger partial charge in [-0.3, -0.25) is 0 Å². The number of rotatable bonds is 8. The first-order chi connectivity index (χ1) is 10.2. The van der Waals surface area contributed by atoms with Crippen LogP contribution in [0.3, 0.4) is 0 Å². The smallest absolute Gasteiger partial charge is 0.215 e. The molecule has 0 radical (unpaired) electrons. The molecule has 1 aromatic rings. The van der Waals surface area contributed by atoms with Crippen LogP contribution in [0.2, 0.25) is 0 Å². The van der Waals surface area contributed by atoms with E-state index < -0.39 is 15.3 Å². The van der Waals surface area contributed by atoms with Crippen LogP contribution in [0, 0.1) is 11.2 Å². The summed E-state index contributed by atoms with van der Waals surface area (Å²) in [5, 5.41) is 8.40. The van der Waals surface area contributed by atoms with Gasteiger partial charge in [0.05, 0.1) is 5.25 Å². The molecule has 22 heavy (non-hydrogen) atoms. The Morgan fingerprint density at radius 2 is 2.14 bits per heavy atom. The van der Waals surface area contributed by atoms with E-state index in [1.54, 1.807) is 12.1 Å². The van der Waals surface area contributed by atoms with Crippen LogP contribution < -0.4 is 4.72 Å². The van der Waals surface area contributed by atoms with Crippen LogP contribution in [-0.2, 0) is 10.0 Å². The lowest BCUT2D eigenvalue weighted by atomic mass is 9.88. The van der Waals surface area contributed by atoms with Crippen molar-refractivity contribution in [2.45, 2.75) is 44.3 Å². The third kappa shape index (κ3) is 4.51. The second kappa shape index (κ2) is 6.64. The molecule has 6 heteroatoms. The number of hydrogen-bond donors (Lipinski definition) is 2. The molecular weight excluding hydrogens is 305 g/mol. The van der Waals surface area contributed by atoms with Crippen LogP contribution in [0.25, 0.3) is 0 Å². The van der Waals surface area contributed by atoms with Crippen LogP contribution >= 0.6 is 0 Å². The van der Waals surface area contributed by atoms with Crippen molar-refractivity contribution in [3.8, 4) is 0 Å². The summed E-state index contributed by atoms with van der Waals surface area (Å²) in [6, 6.07) is 6.15. The van der Waals surface area contributed by atoms with Crippen LogP contribution in [0.1, 0.15) is 44.6 Å². The van der Waals surface area contributed by atoms with Crippen molar-refractivity contribution in [2.24, 2.45) is 5.41 Å². The van der Waals surface area contributed by atoms with Gasteiger partial charge in [0.25, 0.3) is 0 Å². The third-order valence-electron chi connectivity index (χ3n) is 4.17. The molecule has 0 aliphatic heterocycles. The maximum absolute atomic E-state index is 13.2. The second-order valence-electron chi connectivity index (χ2n) is 6.79. The molecule has 1 saturated carbocycles. The number of aliphatic hydroxyl groups excluding tert-OH is 1. The van der Waals surface area contributed by atoms with E-state index >= 15 is 0 Å². The molecule has 0 aromatic heterocycles. The first-order valence-electron chi connectivity index (χ1n) is 7.60. The number of aliphatic hydroxyl groups is 1. The van der Waals surface area contributed by atoms with Crippen molar-refractivity contribution in [1.29, 1.82) is 0 Å². The number of hydrogen-bond acceptors (Lipinski definition) is 3. The fourth-order valence-electron chi connectivity index (χ4n) is 2.65. The lowest BCUT2D eigenvalue weighted by molar-refractivity contribution is 0.242. The van der Waals surface area contributed by atoms with Gasteiger partial charge < -0.3 is 5.11 Å². The highest BCUT2D eigenvalue weighted by molar-refractivity contribution is 7.90. The van der Waals surface area contributed by atoms with Crippen molar-refractivity contribution in [3.63, 3.8) is 0 Å². The van der Waals surface area contributed by atoms with Gasteiger partial charge in [-0.05, 0) is 42.4 Å². The quantitative estimate of drug-likeness (QED) is 0.770. The Kier molecular flexibility index (Phi) is 5.25. The van der Waals surface area contributed by atoms with Gasteiger partial charge in [-0.25, -0.2) is 17.5 Å². The van der Waals surface area contributed by atoms with Gasteiger partial charge in [0.1, 0.15) is 5.82 Å². The number of halogens is 1. The summed E-state index contributed by atoms with van der Waals surface area (Å²) in [6.07, 6.45) is 1.95. The summed E-state index contributed by atoms with van der Waals surface area (Å²) in [7, 11) is -3.39. The van der Waals surface area contributed by atoms with Crippen molar-refractivity contribution < 1.29 is 17.9 Å². The molecule has 2 N–H and O–H groups in total. The summed E-state index contributed by atoms with van der Waals surface area (Å²) < 4.78 is 40.6. The predicted molar refractivity (Wildman–Crippen MR) is 84.6 cm³/mol. The second-order valence-corrected chi connectivity index (χ2v) is 8.78. The van der Waals surface area contributed by atoms with E-state index in [0.29, 0.717) is 19.4 Å². The molecule has 0 amide bonds. The molecule has 1 aromatic carbocycles. The minimum Gasteiger partial charge on any atom is -0.396 e. The van der Waals surface area contributed by atoms with Gasteiger partial charge in [-0.2, -0.15) is 0 Å². The zero-order valence-electron chi connectivity index (χ0n) is 13.0.